The molecule has 0 radical (unpaired) electrons. The number of likely N-dealkylation sites (N-methyl/N-ethyl adjacent to an activating group) is 1. The lowest BCUT2D eigenvalue weighted by atomic mass is 9.80. The number of ether oxygens (including phenoxy) is 2. The van der Waals surface area contributed by atoms with Gasteiger partial charge in [-0.15, -0.1) is 0 Å². The van der Waals surface area contributed by atoms with Crippen LogP contribution in [0.2, 0.25) is 5.02 Å². The molecular formula is C24H27ClFN3O5S. The molecule has 2 aromatic rings. The zero-order chi connectivity index (χ0) is 24.8. The predicted octanol–water partition coefficient (Wildman–Crippen LogP) is 3.75. The number of amides is 1. The molecule has 2 heterocycles. The van der Waals surface area contributed by atoms with E-state index in [4.69, 9.17) is 21.1 Å². The lowest BCUT2D eigenvalue weighted by Gasteiger charge is -2.30. The molecule has 2 N–H and O–H groups in total. The van der Waals surface area contributed by atoms with Crippen molar-refractivity contribution in [2.45, 2.75) is 42.1 Å². The van der Waals surface area contributed by atoms with E-state index in [1.54, 1.807) is 6.07 Å². The number of halogens is 2. The van der Waals surface area contributed by atoms with E-state index in [9.17, 15) is 17.6 Å². The highest BCUT2D eigenvalue weighted by Crippen LogP contribution is 2.52. The van der Waals surface area contributed by atoms with E-state index >= 15 is 0 Å². The molecule has 1 unspecified atom stereocenters. The molecule has 35 heavy (non-hydrogen) atoms. The van der Waals surface area contributed by atoms with Gasteiger partial charge in [-0.2, -0.15) is 0 Å². The van der Waals surface area contributed by atoms with E-state index in [2.05, 4.69) is 14.9 Å². The number of carbonyl (C=O) groups excluding carboxylic acids is 1. The molecule has 2 fully saturated rings. The van der Waals surface area contributed by atoms with Crippen LogP contribution in [-0.4, -0.2) is 58.7 Å². The molecule has 188 valence electrons. The molecule has 1 saturated heterocycles. The summed E-state index contributed by atoms with van der Waals surface area (Å²) in [5.74, 6) is -0.705. The fourth-order valence-electron chi connectivity index (χ4n) is 5.18. The average Bonchev–Trinajstić information content (AvgIpc) is 3.39. The van der Waals surface area contributed by atoms with Gasteiger partial charge in [-0.3, -0.25) is 9.52 Å². The summed E-state index contributed by atoms with van der Waals surface area (Å²) < 4.78 is 54.8. The number of hydrogen-bond acceptors (Lipinski definition) is 6. The number of rotatable bonds is 6. The molecule has 2 aromatic carbocycles. The minimum Gasteiger partial charge on any atom is -0.489 e. The van der Waals surface area contributed by atoms with Crippen LogP contribution in [0.4, 0.5) is 15.8 Å². The van der Waals surface area contributed by atoms with Gasteiger partial charge in [0.1, 0.15) is 29.2 Å². The van der Waals surface area contributed by atoms with Crippen molar-refractivity contribution in [3.8, 4) is 5.75 Å². The van der Waals surface area contributed by atoms with E-state index < -0.39 is 26.2 Å². The number of benzene rings is 2. The SMILES string of the molecule is CN1CCOC(COc2cc(NS(=O)(=O)c3ccc(Cl)cc3F)cc3c2NC(=O)C32CCCC2)C1. The number of hydrogen-bond donors (Lipinski definition) is 2. The molecule has 5 rings (SSSR count). The van der Waals surface area contributed by atoms with Crippen molar-refractivity contribution < 1.29 is 27.1 Å². The molecule has 2 aliphatic heterocycles. The van der Waals surface area contributed by atoms with Crippen LogP contribution in [0.3, 0.4) is 0 Å². The molecule has 1 amide bonds. The summed E-state index contributed by atoms with van der Waals surface area (Å²) in [6.45, 7) is 2.36. The molecule has 11 heteroatoms. The van der Waals surface area contributed by atoms with E-state index in [1.807, 2.05) is 7.05 Å². The Labute approximate surface area is 208 Å². The molecule has 3 aliphatic rings. The minimum atomic E-state index is -4.26. The Morgan fingerprint density at radius 1 is 1.29 bits per heavy atom. The summed E-state index contributed by atoms with van der Waals surface area (Å²) in [4.78, 5) is 14.7. The van der Waals surface area contributed by atoms with Gasteiger partial charge in [0.2, 0.25) is 5.91 Å². The highest BCUT2D eigenvalue weighted by molar-refractivity contribution is 7.92. The summed E-state index contributed by atoms with van der Waals surface area (Å²) >= 11 is 5.78. The van der Waals surface area contributed by atoms with Crippen LogP contribution in [0.25, 0.3) is 0 Å². The minimum absolute atomic E-state index is 0.0954. The van der Waals surface area contributed by atoms with Crippen molar-refractivity contribution in [2.24, 2.45) is 0 Å². The standard InChI is InChI=1S/C24H27ClFN3O5S/c1-29-8-9-33-17(13-29)14-34-20-12-16(28-35(31,32)21-5-4-15(25)10-19(21)26)11-18-22(20)27-23(30)24(18)6-2-3-7-24/h4-5,10-12,17,28H,2-3,6-9,13-14H2,1H3,(H,27,30). The van der Waals surface area contributed by atoms with Crippen LogP contribution in [-0.2, 0) is 25.0 Å². The number of fused-ring (bicyclic) bond motifs is 2. The second-order valence-electron chi connectivity index (χ2n) is 9.39. The summed E-state index contributed by atoms with van der Waals surface area (Å²) in [6, 6.07) is 6.55. The molecular weight excluding hydrogens is 497 g/mol. The smallest absolute Gasteiger partial charge is 0.264 e. The van der Waals surface area contributed by atoms with Crippen molar-refractivity contribution in [3.05, 3.63) is 46.7 Å². The first-order chi connectivity index (χ1) is 16.7. The topological polar surface area (TPSA) is 97.0 Å². The normalized spacial score (nSPS) is 21.7. The van der Waals surface area contributed by atoms with Gasteiger partial charge in [0.05, 0.1) is 23.4 Å². The predicted molar refractivity (Wildman–Crippen MR) is 130 cm³/mol. The van der Waals surface area contributed by atoms with Crippen molar-refractivity contribution >= 4 is 38.9 Å². The number of morpholine rings is 1. The van der Waals surface area contributed by atoms with Crippen LogP contribution >= 0.6 is 11.6 Å². The Morgan fingerprint density at radius 3 is 2.77 bits per heavy atom. The van der Waals surface area contributed by atoms with Gasteiger partial charge in [0.25, 0.3) is 10.0 Å². The molecule has 8 nitrogen and oxygen atoms in total. The lowest BCUT2D eigenvalue weighted by Crippen LogP contribution is -2.42. The van der Waals surface area contributed by atoms with E-state index in [0.29, 0.717) is 43.0 Å². The fourth-order valence-corrected chi connectivity index (χ4v) is 6.44. The Bertz CT molecular complexity index is 1270. The summed E-state index contributed by atoms with van der Waals surface area (Å²) in [5.41, 5.74) is 0.731. The third-order valence-corrected chi connectivity index (χ3v) is 8.60. The molecule has 0 bridgehead atoms. The van der Waals surface area contributed by atoms with Crippen molar-refractivity contribution in [3.63, 3.8) is 0 Å². The molecule has 1 atom stereocenters. The second-order valence-corrected chi connectivity index (χ2v) is 11.5. The van der Waals surface area contributed by atoms with Crippen LogP contribution in [0.5, 0.6) is 5.75 Å². The number of nitrogens with zero attached hydrogens (tertiary/aromatic N) is 1. The van der Waals surface area contributed by atoms with Gasteiger partial charge >= 0.3 is 0 Å². The summed E-state index contributed by atoms with van der Waals surface area (Å²) in [5, 5.41) is 3.06. The Kier molecular flexibility index (Phi) is 6.41. The van der Waals surface area contributed by atoms with Crippen LogP contribution in [0, 0.1) is 5.82 Å². The molecule has 1 spiro atoms. The van der Waals surface area contributed by atoms with Crippen LogP contribution in [0.1, 0.15) is 31.2 Å². The number of anilines is 2. The first-order valence-corrected chi connectivity index (χ1v) is 13.4. The first-order valence-electron chi connectivity index (χ1n) is 11.6. The van der Waals surface area contributed by atoms with Gasteiger partial charge in [0, 0.05) is 24.2 Å². The quantitative estimate of drug-likeness (QED) is 0.598. The van der Waals surface area contributed by atoms with Gasteiger partial charge in [-0.25, -0.2) is 12.8 Å². The second kappa shape index (κ2) is 9.24. The van der Waals surface area contributed by atoms with E-state index in [0.717, 1.165) is 31.5 Å². The Morgan fingerprint density at radius 2 is 2.06 bits per heavy atom. The molecule has 0 aromatic heterocycles. The third-order valence-electron chi connectivity index (χ3n) is 6.95. The largest absolute Gasteiger partial charge is 0.489 e. The van der Waals surface area contributed by atoms with E-state index in [-0.39, 0.29) is 29.3 Å². The zero-order valence-corrected chi connectivity index (χ0v) is 20.8. The fraction of sp³-hybridized carbons (Fsp3) is 0.458. The Balaban J connectivity index is 1.50. The van der Waals surface area contributed by atoms with Crippen molar-refractivity contribution in [2.75, 3.05) is 43.4 Å². The van der Waals surface area contributed by atoms with Gasteiger partial charge in [-0.1, -0.05) is 24.4 Å². The monoisotopic (exact) mass is 523 g/mol. The number of carbonyl (C=O) groups is 1. The van der Waals surface area contributed by atoms with Gasteiger partial charge in [-0.05, 0) is 49.7 Å². The number of sulfonamides is 1. The van der Waals surface area contributed by atoms with Crippen molar-refractivity contribution in [1.82, 2.24) is 4.90 Å². The highest BCUT2D eigenvalue weighted by atomic mass is 35.5. The number of nitrogens with one attached hydrogen (secondary N) is 2. The highest BCUT2D eigenvalue weighted by Gasteiger charge is 2.49. The third kappa shape index (κ3) is 4.60. The van der Waals surface area contributed by atoms with Gasteiger partial charge in [0.15, 0.2) is 0 Å². The first kappa shape index (κ1) is 24.3. The van der Waals surface area contributed by atoms with Crippen LogP contribution in [0.15, 0.2) is 35.2 Å². The zero-order valence-electron chi connectivity index (χ0n) is 19.3. The molecule has 1 saturated carbocycles. The average molecular weight is 524 g/mol. The summed E-state index contributed by atoms with van der Waals surface area (Å²) in [7, 11) is -2.26. The maximum atomic E-state index is 14.4. The van der Waals surface area contributed by atoms with E-state index in [1.165, 1.54) is 12.1 Å². The van der Waals surface area contributed by atoms with Crippen LogP contribution < -0.4 is 14.8 Å². The summed E-state index contributed by atoms with van der Waals surface area (Å²) in [6.07, 6.45) is 2.98. The lowest BCUT2D eigenvalue weighted by molar-refractivity contribution is -0.120. The maximum Gasteiger partial charge on any atom is 0.264 e. The maximum absolute atomic E-state index is 14.4. The molecule has 1 aliphatic carbocycles. The Hall–Kier alpha value is -2.40. The van der Waals surface area contributed by atoms with Crippen molar-refractivity contribution in [1.29, 1.82) is 0 Å². The van der Waals surface area contributed by atoms with Gasteiger partial charge < -0.3 is 19.7 Å².